The van der Waals surface area contributed by atoms with Crippen molar-refractivity contribution in [3.05, 3.63) is 53.3 Å². The topological polar surface area (TPSA) is 56.5 Å². The predicted octanol–water partition coefficient (Wildman–Crippen LogP) is 3.22. The monoisotopic (exact) mass is 324 g/mol. The Morgan fingerprint density at radius 1 is 1.33 bits per heavy atom. The summed E-state index contributed by atoms with van der Waals surface area (Å²) in [4.78, 5) is 4.49. The van der Waals surface area contributed by atoms with Crippen LogP contribution in [0.1, 0.15) is 29.2 Å². The van der Waals surface area contributed by atoms with Gasteiger partial charge in [-0.2, -0.15) is 0 Å². The first-order valence-electron chi connectivity index (χ1n) is 8.09. The summed E-state index contributed by atoms with van der Waals surface area (Å²) in [5.74, 6) is 1.65. The van der Waals surface area contributed by atoms with Gasteiger partial charge in [0.15, 0.2) is 0 Å². The summed E-state index contributed by atoms with van der Waals surface area (Å²) in [5, 5.41) is 10.1. The van der Waals surface area contributed by atoms with E-state index in [2.05, 4.69) is 21.7 Å². The van der Waals surface area contributed by atoms with Crippen molar-refractivity contribution in [1.82, 2.24) is 9.55 Å². The molecule has 0 saturated carbocycles. The van der Waals surface area contributed by atoms with Crippen molar-refractivity contribution in [2.45, 2.75) is 26.0 Å². The highest BCUT2D eigenvalue weighted by molar-refractivity contribution is 5.79. The number of rotatable bonds is 3. The number of aryl methyl sites for hydroxylation is 1. The van der Waals surface area contributed by atoms with Crippen LogP contribution < -0.4 is 9.47 Å². The molecule has 1 unspecified atom stereocenters. The number of imidazole rings is 1. The van der Waals surface area contributed by atoms with E-state index < -0.39 is 6.10 Å². The Balaban J connectivity index is 1.71. The van der Waals surface area contributed by atoms with Crippen LogP contribution in [0.25, 0.3) is 11.0 Å². The molecule has 124 valence electrons. The van der Waals surface area contributed by atoms with Gasteiger partial charge in [-0.25, -0.2) is 4.98 Å². The fourth-order valence-electron chi connectivity index (χ4n) is 3.28. The number of hydrogen-bond acceptors (Lipinski definition) is 4. The van der Waals surface area contributed by atoms with E-state index in [9.17, 15) is 5.11 Å². The molecule has 0 fully saturated rings. The lowest BCUT2D eigenvalue weighted by Crippen LogP contribution is -2.13. The number of aliphatic hydroxyl groups excluding tert-OH is 1. The van der Waals surface area contributed by atoms with E-state index in [1.54, 1.807) is 7.11 Å². The van der Waals surface area contributed by atoms with E-state index in [1.165, 1.54) is 5.56 Å². The van der Waals surface area contributed by atoms with E-state index in [0.717, 1.165) is 40.2 Å². The SMILES string of the molecule is COc1ccc(Cn2cnc3cc4c(cc32)OCCC4O)cc1C. The summed E-state index contributed by atoms with van der Waals surface area (Å²) in [6.45, 7) is 3.31. The molecule has 1 aromatic heterocycles. The Labute approximate surface area is 140 Å². The molecule has 1 aliphatic heterocycles. The molecule has 0 amide bonds. The van der Waals surface area contributed by atoms with Crippen LogP contribution in [0.5, 0.6) is 11.5 Å². The second-order valence-corrected chi connectivity index (χ2v) is 6.21. The first kappa shape index (κ1) is 15.0. The van der Waals surface area contributed by atoms with Crippen molar-refractivity contribution in [2.24, 2.45) is 0 Å². The van der Waals surface area contributed by atoms with E-state index >= 15 is 0 Å². The largest absolute Gasteiger partial charge is 0.496 e. The zero-order valence-corrected chi connectivity index (χ0v) is 13.8. The molecule has 0 radical (unpaired) electrons. The summed E-state index contributed by atoms with van der Waals surface area (Å²) >= 11 is 0. The van der Waals surface area contributed by atoms with Crippen LogP contribution in [0.15, 0.2) is 36.7 Å². The Bertz CT molecular complexity index is 901. The Kier molecular flexibility index (Phi) is 3.65. The number of nitrogens with zero attached hydrogens (tertiary/aromatic N) is 2. The highest BCUT2D eigenvalue weighted by Gasteiger charge is 2.21. The standard InChI is InChI=1S/C19H20N2O3/c1-12-7-13(3-4-18(12)23-2)10-21-11-20-15-8-14-17(22)5-6-24-19(14)9-16(15)21/h3-4,7-9,11,17,22H,5-6,10H2,1-2H3. The van der Waals surface area contributed by atoms with Crippen molar-refractivity contribution < 1.29 is 14.6 Å². The Hall–Kier alpha value is -2.53. The van der Waals surface area contributed by atoms with Crippen LogP contribution in [-0.2, 0) is 6.54 Å². The van der Waals surface area contributed by atoms with E-state index in [0.29, 0.717) is 13.0 Å². The molecule has 4 rings (SSSR count). The van der Waals surface area contributed by atoms with Crippen LogP contribution >= 0.6 is 0 Å². The molecule has 24 heavy (non-hydrogen) atoms. The lowest BCUT2D eigenvalue weighted by molar-refractivity contribution is 0.115. The maximum absolute atomic E-state index is 10.1. The number of fused-ring (bicyclic) bond motifs is 2. The van der Waals surface area contributed by atoms with Gasteiger partial charge in [0.05, 0.1) is 37.2 Å². The van der Waals surface area contributed by atoms with Crippen LogP contribution in [0, 0.1) is 6.92 Å². The third kappa shape index (κ3) is 2.51. The third-order valence-electron chi connectivity index (χ3n) is 4.57. The van der Waals surface area contributed by atoms with Gasteiger partial charge < -0.3 is 19.1 Å². The smallest absolute Gasteiger partial charge is 0.127 e. The second-order valence-electron chi connectivity index (χ2n) is 6.21. The molecule has 0 aliphatic carbocycles. The number of benzene rings is 2. The predicted molar refractivity (Wildman–Crippen MR) is 91.6 cm³/mol. The van der Waals surface area contributed by atoms with Gasteiger partial charge in [-0.1, -0.05) is 12.1 Å². The van der Waals surface area contributed by atoms with Crippen molar-refractivity contribution in [3.8, 4) is 11.5 Å². The lowest BCUT2D eigenvalue weighted by Gasteiger charge is -2.22. The molecule has 2 heterocycles. The fourth-order valence-corrected chi connectivity index (χ4v) is 3.28. The van der Waals surface area contributed by atoms with Gasteiger partial charge in [-0.3, -0.25) is 0 Å². The molecule has 0 saturated heterocycles. The average molecular weight is 324 g/mol. The van der Waals surface area contributed by atoms with Crippen molar-refractivity contribution >= 4 is 11.0 Å². The summed E-state index contributed by atoms with van der Waals surface area (Å²) in [6, 6.07) is 10.1. The molecule has 0 spiro atoms. The first-order valence-corrected chi connectivity index (χ1v) is 8.09. The Morgan fingerprint density at radius 2 is 2.21 bits per heavy atom. The summed E-state index contributed by atoms with van der Waals surface area (Å²) in [5.41, 5.74) is 5.02. The second kappa shape index (κ2) is 5.83. The number of ether oxygens (including phenoxy) is 2. The average Bonchev–Trinajstić information content (AvgIpc) is 2.96. The van der Waals surface area contributed by atoms with Gasteiger partial charge >= 0.3 is 0 Å². The van der Waals surface area contributed by atoms with Gasteiger partial charge in [0.2, 0.25) is 0 Å². The molecule has 5 nitrogen and oxygen atoms in total. The zero-order chi connectivity index (χ0) is 16.7. The van der Waals surface area contributed by atoms with E-state index in [-0.39, 0.29) is 0 Å². The van der Waals surface area contributed by atoms with E-state index in [1.807, 2.05) is 31.5 Å². The molecule has 2 aromatic carbocycles. The van der Waals surface area contributed by atoms with Crippen molar-refractivity contribution in [1.29, 1.82) is 0 Å². The molecular formula is C19H20N2O3. The molecule has 0 bridgehead atoms. The molecule has 3 aromatic rings. The molecular weight excluding hydrogens is 304 g/mol. The van der Waals surface area contributed by atoms with Crippen molar-refractivity contribution in [3.63, 3.8) is 0 Å². The maximum Gasteiger partial charge on any atom is 0.127 e. The van der Waals surface area contributed by atoms with Crippen molar-refractivity contribution in [2.75, 3.05) is 13.7 Å². The van der Waals surface area contributed by atoms with Gasteiger partial charge in [-0.05, 0) is 30.2 Å². The minimum Gasteiger partial charge on any atom is -0.496 e. The van der Waals surface area contributed by atoms with E-state index in [4.69, 9.17) is 9.47 Å². The number of aliphatic hydroxyl groups is 1. The van der Waals surface area contributed by atoms with Crippen LogP contribution in [0.2, 0.25) is 0 Å². The third-order valence-corrected chi connectivity index (χ3v) is 4.57. The fraction of sp³-hybridized carbons (Fsp3) is 0.316. The molecule has 1 N–H and O–H groups in total. The highest BCUT2D eigenvalue weighted by atomic mass is 16.5. The summed E-state index contributed by atoms with van der Waals surface area (Å²) in [6.07, 6.45) is 2.00. The highest BCUT2D eigenvalue weighted by Crippen LogP contribution is 2.35. The zero-order valence-electron chi connectivity index (χ0n) is 13.8. The van der Waals surface area contributed by atoms with Crippen LogP contribution in [0.4, 0.5) is 0 Å². The first-order chi connectivity index (χ1) is 11.7. The van der Waals surface area contributed by atoms with Crippen LogP contribution in [0.3, 0.4) is 0 Å². The Morgan fingerprint density at radius 3 is 3.00 bits per heavy atom. The number of hydrogen-bond donors (Lipinski definition) is 1. The minimum absolute atomic E-state index is 0.465. The lowest BCUT2D eigenvalue weighted by atomic mass is 10.0. The quantitative estimate of drug-likeness (QED) is 0.804. The molecule has 5 heteroatoms. The molecule has 1 aliphatic rings. The van der Waals surface area contributed by atoms with Gasteiger partial charge in [0.1, 0.15) is 11.5 Å². The maximum atomic E-state index is 10.1. The number of methoxy groups -OCH3 is 1. The van der Waals surface area contributed by atoms with Gasteiger partial charge in [0, 0.05) is 24.6 Å². The summed E-state index contributed by atoms with van der Waals surface area (Å²) in [7, 11) is 1.68. The summed E-state index contributed by atoms with van der Waals surface area (Å²) < 4.78 is 13.1. The minimum atomic E-state index is -0.465. The molecule has 1 atom stereocenters. The number of aromatic nitrogens is 2. The van der Waals surface area contributed by atoms with Gasteiger partial charge in [0.25, 0.3) is 0 Å². The van der Waals surface area contributed by atoms with Gasteiger partial charge in [-0.15, -0.1) is 0 Å². The van der Waals surface area contributed by atoms with Crippen LogP contribution in [-0.4, -0.2) is 28.4 Å². The normalized spacial score (nSPS) is 16.7.